The Labute approximate surface area is 131 Å². The molecule has 1 N–H and O–H groups in total. The van der Waals surface area contributed by atoms with E-state index in [0.29, 0.717) is 12.5 Å². The van der Waals surface area contributed by atoms with Crippen molar-refractivity contribution in [2.75, 3.05) is 6.54 Å². The molecule has 0 fully saturated rings. The molecule has 2 aromatic rings. The van der Waals surface area contributed by atoms with Crippen LogP contribution in [0.2, 0.25) is 5.02 Å². The number of rotatable bonds is 5. The van der Waals surface area contributed by atoms with Gasteiger partial charge in [0.2, 0.25) is 5.91 Å². The van der Waals surface area contributed by atoms with Gasteiger partial charge in [-0.05, 0) is 29.5 Å². The van der Waals surface area contributed by atoms with Crippen LogP contribution in [0.15, 0.2) is 48.5 Å². The summed E-state index contributed by atoms with van der Waals surface area (Å²) in [5, 5.41) is 3.60. The van der Waals surface area contributed by atoms with Gasteiger partial charge >= 0.3 is 0 Å². The highest BCUT2D eigenvalue weighted by Gasteiger charge is 2.07. The Hall–Kier alpha value is -1.80. The van der Waals surface area contributed by atoms with E-state index in [1.807, 2.05) is 24.3 Å². The zero-order valence-corrected chi connectivity index (χ0v) is 13.2. The van der Waals surface area contributed by atoms with Crippen LogP contribution in [-0.2, 0) is 4.79 Å². The number of halogens is 1. The van der Waals surface area contributed by atoms with Crippen molar-refractivity contribution in [3.8, 4) is 11.1 Å². The third-order valence-electron chi connectivity index (χ3n) is 3.62. The molecule has 110 valence electrons. The number of carbonyl (C=O) groups is 1. The van der Waals surface area contributed by atoms with Crippen LogP contribution in [0.3, 0.4) is 0 Å². The summed E-state index contributed by atoms with van der Waals surface area (Å²) in [5.74, 6) is 0.438. The molecule has 3 heteroatoms. The average Bonchev–Trinajstić information content (AvgIpc) is 2.47. The maximum absolute atomic E-state index is 10.9. The SMILES string of the molecule is CC(=O)NCCC(C)c1ccc(-c2ccccc2Cl)cc1. The first-order valence-corrected chi connectivity index (χ1v) is 7.55. The van der Waals surface area contributed by atoms with Gasteiger partial charge in [-0.15, -0.1) is 0 Å². The minimum absolute atomic E-state index is 0.0243. The number of hydrogen-bond donors (Lipinski definition) is 1. The summed E-state index contributed by atoms with van der Waals surface area (Å²) in [6.45, 7) is 4.43. The molecular weight excluding hydrogens is 282 g/mol. The fourth-order valence-electron chi connectivity index (χ4n) is 2.32. The Balaban J connectivity index is 2.05. The van der Waals surface area contributed by atoms with Crippen LogP contribution < -0.4 is 5.32 Å². The van der Waals surface area contributed by atoms with Gasteiger partial charge in [0.1, 0.15) is 0 Å². The van der Waals surface area contributed by atoms with Gasteiger partial charge in [-0.1, -0.05) is 61.0 Å². The fraction of sp³-hybridized carbons (Fsp3) is 0.278. The van der Waals surface area contributed by atoms with E-state index in [-0.39, 0.29) is 5.91 Å². The summed E-state index contributed by atoms with van der Waals surface area (Å²) in [4.78, 5) is 10.9. The zero-order valence-electron chi connectivity index (χ0n) is 12.4. The molecule has 0 saturated carbocycles. The van der Waals surface area contributed by atoms with Gasteiger partial charge in [-0.2, -0.15) is 0 Å². The lowest BCUT2D eigenvalue weighted by Crippen LogP contribution is -2.22. The molecule has 1 atom stereocenters. The second kappa shape index (κ2) is 7.28. The molecule has 0 bridgehead atoms. The Morgan fingerprint density at radius 3 is 2.43 bits per heavy atom. The molecule has 1 unspecified atom stereocenters. The lowest BCUT2D eigenvalue weighted by molar-refractivity contribution is -0.118. The summed E-state index contributed by atoms with van der Waals surface area (Å²) in [6.07, 6.45) is 0.936. The van der Waals surface area contributed by atoms with Gasteiger partial charge in [0.15, 0.2) is 0 Å². The Morgan fingerprint density at radius 2 is 1.81 bits per heavy atom. The Bertz CT molecular complexity index is 607. The average molecular weight is 302 g/mol. The lowest BCUT2D eigenvalue weighted by atomic mass is 9.95. The second-order valence-corrected chi connectivity index (χ2v) is 5.68. The van der Waals surface area contributed by atoms with Crippen LogP contribution in [-0.4, -0.2) is 12.5 Å². The molecule has 0 heterocycles. The largest absolute Gasteiger partial charge is 0.356 e. The van der Waals surface area contributed by atoms with Crippen molar-refractivity contribution in [1.82, 2.24) is 5.32 Å². The first-order chi connectivity index (χ1) is 10.1. The van der Waals surface area contributed by atoms with Crippen LogP contribution in [0.4, 0.5) is 0 Å². The first-order valence-electron chi connectivity index (χ1n) is 7.17. The van der Waals surface area contributed by atoms with Crippen molar-refractivity contribution in [3.05, 3.63) is 59.1 Å². The van der Waals surface area contributed by atoms with E-state index in [1.165, 1.54) is 5.56 Å². The van der Waals surface area contributed by atoms with Gasteiger partial charge in [0, 0.05) is 24.1 Å². The van der Waals surface area contributed by atoms with Crippen LogP contribution in [0.1, 0.15) is 31.7 Å². The predicted octanol–water partition coefficient (Wildman–Crippen LogP) is 4.64. The second-order valence-electron chi connectivity index (χ2n) is 5.27. The van der Waals surface area contributed by atoms with E-state index in [2.05, 4.69) is 36.5 Å². The van der Waals surface area contributed by atoms with Gasteiger partial charge in [-0.25, -0.2) is 0 Å². The number of benzene rings is 2. The van der Waals surface area contributed by atoms with Gasteiger partial charge < -0.3 is 5.32 Å². The van der Waals surface area contributed by atoms with Crippen LogP contribution >= 0.6 is 11.6 Å². The maximum atomic E-state index is 10.9. The molecule has 2 rings (SSSR count). The molecule has 0 radical (unpaired) electrons. The maximum Gasteiger partial charge on any atom is 0.216 e. The van der Waals surface area contributed by atoms with E-state index in [9.17, 15) is 4.79 Å². The Morgan fingerprint density at radius 1 is 1.14 bits per heavy atom. The highest BCUT2D eigenvalue weighted by Crippen LogP contribution is 2.29. The minimum Gasteiger partial charge on any atom is -0.356 e. The normalized spacial score (nSPS) is 12.0. The standard InChI is InChI=1S/C18H20ClNO/c1-13(11-12-20-14(2)21)15-7-9-16(10-8-15)17-5-3-4-6-18(17)19/h3-10,13H,11-12H2,1-2H3,(H,20,21). The molecule has 1 amide bonds. The summed E-state index contributed by atoms with van der Waals surface area (Å²) in [7, 11) is 0. The molecular formula is C18H20ClNO. The molecule has 0 spiro atoms. The van der Waals surface area contributed by atoms with Crippen LogP contribution in [0.5, 0.6) is 0 Å². The molecule has 2 nitrogen and oxygen atoms in total. The predicted molar refractivity (Wildman–Crippen MR) is 88.6 cm³/mol. The molecule has 0 aromatic heterocycles. The van der Waals surface area contributed by atoms with Gasteiger partial charge in [-0.3, -0.25) is 4.79 Å². The van der Waals surface area contributed by atoms with Crippen molar-refractivity contribution < 1.29 is 4.79 Å². The first kappa shape index (κ1) is 15.6. The van der Waals surface area contributed by atoms with E-state index >= 15 is 0 Å². The minimum atomic E-state index is 0.0243. The lowest BCUT2D eigenvalue weighted by Gasteiger charge is -2.13. The van der Waals surface area contributed by atoms with Crippen molar-refractivity contribution in [1.29, 1.82) is 0 Å². The number of amides is 1. The molecule has 21 heavy (non-hydrogen) atoms. The van der Waals surface area contributed by atoms with Crippen molar-refractivity contribution in [3.63, 3.8) is 0 Å². The van der Waals surface area contributed by atoms with E-state index in [1.54, 1.807) is 6.92 Å². The van der Waals surface area contributed by atoms with Crippen molar-refractivity contribution in [2.45, 2.75) is 26.2 Å². The van der Waals surface area contributed by atoms with Crippen LogP contribution in [0.25, 0.3) is 11.1 Å². The highest BCUT2D eigenvalue weighted by molar-refractivity contribution is 6.33. The number of nitrogens with one attached hydrogen (secondary N) is 1. The van der Waals surface area contributed by atoms with Gasteiger partial charge in [0.05, 0.1) is 0 Å². The fourth-order valence-corrected chi connectivity index (χ4v) is 2.56. The molecule has 0 aliphatic rings. The quantitative estimate of drug-likeness (QED) is 0.856. The summed E-state index contributed by atoms with van der Waals surface area (Å²) in [6, 6.07) is 16.3. The van der Waals surface area contributed by atoms with E-state index < -0.39 is 0 Å². The topological polar surface area (TPSA) is 29.1 Å². The Kier molecular flexibility index (Phi) is 5.40. The van der Waals surface area contributed by atoms with E-state index in [0.717, 1.165) is 22.6 Å². The third-order valence-corrected chi connectivity index (χ3v) is 3.95. The molecule has 2 aromatic carbocycles. The monoisotopic (exact) mass is 301 g/mol. The summed E-state index contributed by atoms with van der Waals surface area (Å²) in [5.41, 5.74) is 3.45. The number of hydrogen-bond acceptors (Lipinski definition) is 1. The van der Waals surface area contributed by atoms with Gasteiger partial charge in [0.25, 0.3) is 0 Å². The molecule has 0 saturated heterocycles. The molecule has 0 aliphatic carbocycles. The van der Waals surface area contributed by atoms with Crippen LogP contribution in [0, 0.1) is 0 Å². The van der Waals surface area contributed by atoms with Crippen molar-refractivity contribution >= 4 is 17.5 Å². The third kappa shape index (κ3) is 4.33. The summed E-state index contributed by atoms with van der Waals surface area (Å²) < 4.78 is 0. The molecule has 0 aliphatic heterocycles. The number of carbonyl (C=O) groups excluding carboxylic acids is 1. The zero-order chi connectivity index (χ0) is 15.2. The van der Waals surface area contributed by atoms with E-state index in [4.69, 9.17) is 11.6 Å². The van der Waals surface area contributed by atoms with Crippen molar-refractivity contribution in [2.24, 2.45) is 0 Å². The smallest absolute Gasteiger partial charge is 0.216 e. The highest BCUT2D eigenvalue weighted by atomic mass is 35.5. The summed E-state index contributed by atoms with van der Waals surface area (Å²) >= 11 is 6.22.